The molecule has 16 heavy (non-hydrogen) atoms. The van der Waals surface area contributed by atoms with E-state index in [1.165, 1.54) is 5.57 Å². The third-order valence-corrected chi connectivity index (χ3v) is 2.19. The molecule has 88 valence electrons. The van der Waals surface area contributed by atoms with Crippen LogP contribution in [0, 0.1) is 18.8 Å². The lowest BCUT2D eigenvalue weighted by atomic mass is 10.0. The van der Waals surface area contributed by atoms with E-state index in [0.29, 0.717) is 11.8 Å². The fourth-order valence-corrected chi connectivity index (χ4v) is 1.46. The first-order valence-corrected chi connectivity index (χ1v) is 5.91. The second kappa shape index (κ2) is 5.69. The average molecular weight is 218 g/mol. The Balaban J connectivity index is 2.97. The van der Waals surface area contributed by atoms with E-state index in [1.807, 2.05) is 13.1 Å². The number of H-pyrrole nitrogens is 1. The van der Waals surface area contributed by atoms with Crippen LogP contribution in [-0.2, 0) is 0 Å². The van der Waals surface area contributed by atoms with Crippen LogP contribution >= 0.6 is 0 Å². The van der Waals surface area contributed by atoms with Gasteiger partial charge >= 0.3 is 0 Å². The molecule has 0 saturated heterocycles. The number of nitrogens with zero attached hydrogens (tertiary/aromatic N) is 1. The zero-order valence-electron chi connectivity index (χ0n) is 10.9. The van der Waals surface area contributed by atoms with Crippen molar-refractivity contribution in [2.75, 3.05) is 0 Å². The van der Waals surface area contributed by atoms with E-state index >= 15 is 0 Å². The Morgan fingerprint density at radius 2 is 1.94 bits per heavy atom. The van der Waals surface area contributed by atoms with Gasteiger partial charge in [-0.1, -0.05) is 45.9 Å². The van der Waals surface area contributed by atoms with E-state index in [9.17, 15) is 0 Å². The minimum absolute atomic E-state index is 0.537. The van der Waals surface area contributed by atoms with Gasteiger partial charge in [0.15, 0.2) is 0 Å². The molecule has 1 heterocycles. The summed E-state index contributed by atoms with van der Waals surface area (Å²) < 4.78 is 0. The molecule has 0 bridgehead atoms. The topological polar surface area (TPSA) is 28.7 Å². The Labute approximate surface area is 98.5 Å². The fraction of sp³-hybridized carbons (Fsp3) is 0.500. The quantitative estimate of drug-likeness (QED) is 0.761. The van der Waals surface area contributed by atoms with Crippen LogP contribution in [0.4, 0.5) is 0 Å². The molecule has 0 aliphatic carbocycles. The molecule has 0 fully saturated rings. The number of hydrogen-bond acceptors (Lipinski definition) is 1. The van der Waals surface area contributed by atoms with Gasteiger partial charge in [-0.25, -0.2) is 4.98 Å². The Bertz CT molecular complexity index is 381. The molecule has 0 saturated carbocycles. The molecule has 0 amide bonds. The van der Waals surface area contributed by atoms with Crippen LogP contribution in [0.25, 0.3) is 5.57 Å². The standard InChI is InChI=1S/C14H22N2/c1-10(2)6-7-13(8-11(3)4)14-9-15-12(5)16-14/h6-11H,1-5H3,(H,15,16)/b7-6-,13-8+. The summed E-state index contributed by atoms with van der Waals surface area (Å²) >= 11 is 0. The van der Waals surface area contributed by atoms with Crippen LogP contribution < -0.4 is 0 Å². The van der Waals surface area contributed by atoms with Crippen LogP contribution in [0.5, 0.6) is 0 Å². The monoisotopic (exact) mass is 218 g/mol. The summed E-state index contributed by atoms with van der Waals surface area (Å²) in [5.41, 5.74) is 2.33. The molecule has 0 atom stereocenters. The summed E-state index contributed by atoms with van der Waals surface area (Å²) in [6.07, 6.45) is 8.54. The van der Waals surface area contributed by atoms with Crippen molar-refractivity contribution in [3.8, 4) is 0 Å². The summed E-state index contributed by atoms with van der Waals surface area (Å²) in [5, 5.41) is 0. The molecule has 0 aromatic carbocycles. The molecular formula is C14H22N2. The summed E-state index contributed by atoms with van der Waals surface area (Å²) in [5.74, 6) is 2.07. The molecular weight excluding hydrogens is 196 g/mol. The van der Waals surface area contributed by atoms with E-state index in [-0.39, 0.29) is 0 Å². The maximum atomic E-state index is 4.24. The van der Waals surface area contributed by atoms with Gasteiger partial charge in [-0.3, -0.25) is 0 Å². The highest BCUT2D eigenvalue weighted by Gasteiger charge is 2.02. The maximum absolute atomic E-state index is 4.24. The second-order valence-corrected chi connectivity index (χ2v) is 4.85. The van der Waals surface area contributed by atoms with Gasteiger partial charge in [-0.15, -0.1) is 0 Å². The molecule has 1 N–H and O–H groups in total. The molecule has 2 heteroatoms. The van der Waals surface area contributed by atoms with Gasteiger partial charge in [0.05, 0.1) is 11.9 Å². The minimum Gasteiger partial charge on any atom is -0.342 e. The zero-order chi connectivity index (χ0) is 12.1. The van der Waals surface area contributed by atoms with Crippen LogP contribution in [-0.4, -0.2) is 9.97 Å². The average Bonchev–Trinajstić information content (AvgIpc) is 2.58. The number of aromatic amines is 1. The highest BCUT2D eigenvalue weighted by atomic mass is 14.9. The SMILES string of the molecule is Cc1ncc(C(/C=C\C(C)C)=C/C(C)C)[nH]1. The van der Waals surface area contributed by atoms with Crippen molar-refractivity contribution < 1.29 is 0 Å². The van der Waals surface area contributed by atoms with Gasteiger partial charge in [-0.05, 0) is 24.3 Å². The number of aryl methyl sites for hydroxylation is 1. The number of hydrogen-bond donors (Lipinski definition) is 1. The van der Waals surface area contributed by atoms with E-state index in [1.54, 1.807) is 0 Å². The van der Waals surface area contributed by atoms with Crippen molar-refractivity contribution in [3.63, 3.8) is 0 Å². The van der Waals surface area contributed by atoms with Gasteiger partial charge in [-0.2, -0.15) is 0 Å². The molecule has 0 aliphatic rings. The third kappa shape index (κ3) is 4.05. The lowest BCUT2D eigenvalue weighted by Gasteiger charge is -2.03. The van der Waals surface area contributed by atoms with E-state index < -0.39 is 0 Å². The number of rotatable bonds is 4. The summed E-state index contributed by atoms with van der Waals surface area (Å²) in [7, 11) is 0. The number of aromatic nitrogens is 2. The van der Waals surface area contributed by atoms with E-state index in [2.05, 4.69) is 55.9 Å². The zero-order valence-corrected chi connectivity index (χ0v) is 10.9. The number of imidazole rings is 1. The Morgan fingerprint density at radius 1 is 1.25 bits per heavy atom. The highest BCUT2D eigenvalue weighted by molar-refractivity contribution is 5.71. The first-order chi connectivity index (χ1) is 7.49. The number of nitrogens with one attached hydrogen (secondary N) is 1. The predicted octanol–water partition coefficient (Wildman–Crippen LogP) is 3.97. The molecule has 1 aromatic heterocycles. The summed E-state index contributed by atoms with van der Waals surface area (Å²) in [4.78, 5) is 7.52. The van der Waals surface area contributed by atoms with Crippen molar-refractivity contribution >= 4 is 5.57 Å². The molecule has 2 nitrogen and oxygen atoms in total. The van der Waals surface area contributed by atoms with Crippen LogP contribution in [0.15, 0.2) is 24.4 Å². The van der Waals surface area contributed by atoms with Gasteiger partial charge in [0.1, 0.15) is 5.82 Å². The Morgan fingerprint density at radius 3 is 2.38 bits per heavy atom. The van der Waals surface area contributed by atoms with Crippen molar-refractivity contribution in [2.24, 2.45) is 11.8 Å². The van der Waals surface area contributed by atoms with Crippen molar-refractivity contribution in [1.29, 1.82) is 0 Å². The highest BCUT2D eigenvalue weighted by Crippen LogP contribution is 2.17. The molecule has 0 aliphatic heterocycles. The maximum Gasteiger partial charge on any atom is 0.103 e. The van der Waals surface area contributed by atoms with Gasteiger partial charge in [0.25, 0.3) is 0 Å². The lowest BCUT2D eigenvalue weighted by Crippen LogP contribution is -1.88. The number of allylic oxidation sites excluding steroid dienone is 4. The van der Waals surface area contributed by atoms with Crippen molar-refractivity contribution in [1.82, 2.24) is 9.97 Å². The largest absolute Gasteiger partial charge is 0.342 e. The third-order valence-electron chi connectivity index (χ3n) is 2.19. The summed E-state index contributed by atoms with van der Waals surface area (Å²) in [6, 6.07) is 0. The molecule has 1 rings (SSSR count). The van der Waals surface area contributed by atoms with Crippen LogP contribution in [0.1, 0.15) is 39.2 Å². The Hall–Kier alpha value is -1.31. The van der Waals surface area contributed by atoms with Gasteiger partial charge in [0, 0.05) is 0 Å². The second-order valence-electron chi connectivity index (χ2n) is 4.85. The van der Waals surface area contributed by atoms with Crippen molar-refractivity contribution in [2.45, 2.75) is 34.6 Å². The smallest absolute Gasteiger partial charge is 0.103 e. The molecule has 0 unspecified atom stereocenters. The minimum atomic E-state index is 0.537. The van der Waals surface area contributed by atoms with Crippen molar-refractivity contribution in [3.05, 3.63) is 35.9 Å². The summed E-state index contributed by atoms with van der Waals surface area (Å²) in [6.45, 7) is 10.7. The van der Waals surface area contributed by atoms with E-state index in [0.717, 1.165) is 11.5 Å². The van der Waals surface area contributed by atoms with E-state index in [4.69, 9.17) is 0 Å². The van der Waals surface area contributed by atoms with Crippen LogP contribution in [0.2, 0.25) is 0 Å². The Kier molecular flexibility index (Phi) is 4.53. The first-order valence-electron chi connectivity index (χ1n) is 5.91. The lowest BCUT2D eigenvalue weighted by molar-refractivity contribution is 0.826. The normalized spacial score (nSPS) is 13.3. The predicted molar refractivity (Wildman–Crippen MR) is 70.1 cm³/mol. The first kappa shape index (κ1) is 12.8. The van der Waals surface area contributed by atoms with Crippen LogP contribution in [0.3, 0.4) is 0 Å². The molecule has 0 radical (unpaired) electrons. The molecule has 1 aromatic rings. The van der Waals surface area contributed by atoms with Gasteiger partial charge in [0.2, 0.25) is 0 Å². The fourth-order valence-electron chi connectivity index (χ4n) is 1.46. The molecule has 0 spiro atoms. The van der Waals surface area contributed by atoms with Gasteiger partial charge < -0.3 is 4.98 Å².